The molecule has 0 bridgehead atoms. The van der Waals surface area contributed by atoms with Crippen molar-refractivity contribution in [1.82, 2.24) is 10.6 Å². The van der Waals surface area contributed by atoms with Crippen molar-refractivity contribution in [2.45, 2.75) is 32.2 Å². The van der Waals surface area contributed by atoms with Gasteiger partial charge < -0.3 is 20.7 Å². The van der Waals surface area contributed by atoms with Crippen LogP contribution in [-0.2, 0) is 22.5 Å². The summed E-state index contributed by atoms with van der Waals surface area (Å²) >= 11 is 1.50. The third-order valence-corrected chi connectivity index (χ3v) is 5.60. The van der Waals surface area contributed by atoms with Crippen molar-refractivity contribution < 1.29 is 14.3 Å². The number of carbonyl (C=O) groups is 2. The SMILES string of the molecule is COC(=O)c1c(NC(=O)C2CCCNC2)sc2c1CCCNC2. The van der Waals surface area contributed by atoms with Gasteiger partial charge in [-0.3, -0.25) is 4.79 Å². The summed E-state index contributed by atoms with van der Waals surface area (Å²) in [6.45, 7) is 3.35. The molecule has 1 fully saturated rings. The minimum Gasteiger partial charge on any atom is -0.465 e. The number of fused-ring (bicyclic) bond motifs is 1. The van der Waals surface area contributed by atoms with Crippen LogP contribution in [0.5, 0.6) is 0 Å². The summed E-state index contributed by atoms with van der Waals surface area (Å²) in [7, 11) is 1.39. The fourth-order valence-corrected chi connectivity index (χ4v) is 4.42. The van der Waals surface area contributed by atoms with E-state index in [-0.39, 0.29) is 17.8 Å². The Morgan fingerprint density at radius 3 is 2.83 bits per heavy atom. The molecule has 0 radical (unpaired) electrons. The molecule has 3 heterocycles. The van der Waals surface area contributed by atoms with Gasteiger partial charge in [-0.05, 0) is 44.3 Å². The van der Waals surface area contributed by atoms with Crippen molar-refractivity contribution in [3.05, 3.63) is 16.0 Å². The lowest BCUT2D eigenvalue weighted by atomic mass is 9.99. The molecular formula is C16H23N3O3S. The number of nitrogens with one attached hydrogen (secondary N) is 3. The van der Waals surface area contributed by atoms with E-state index in [1.54, 1.807) is 0 Å². The normalized spacial score (nSPS) is 21.2. The Morgan fingerprint density at radius 1 is 1.26 bits per heavy atom. The molecule has 7 heteroatoms. The fraction of sp³-hybridized carbons (Fsp3) is 0.625. The average Bonchev–Trinajstić information content (AvgIpc) is 2.76. The molecule has 2 aliphatic heterocycles. The largest absolute Gasteiger partial charge is 0.465 e. The highest BCUT2D eigenvalue weighted by Crippen LogP contribution is 2.36. The number of methoxy groups -OCH3 is 1. The van der Waals surface area contributed by atoms with Crippen molar-refractivity contribution in [1.29, 1.82) is 0 Å². The predicted octanol–water partition coefficient (Wildman–Crippen LogP) is 1.51. The van der Waals surface area contributed by atoms with Gasteiger partial charge in [-0.2, -0.15) is 0 Å². The molecule has 1 aromatic heterocycles. The van der Waals surface area contributed by atoms with E-state index in [1.165, 1.54) is 18.4 Å². The lowest BCUT2D eigenvalue weighted by Gasteiger charge is -2.21. The molecule has 0 spiro atoms. The summed E-state index contributed by atoms with van der Waals surface area (Å²) in [6.07, 6.45) is 3.71. The second kappa shape index (κ2) is 7.42. The van der Waals surface area contributed by atoms with E-state index in [9.17, 15) is 9.59 Å². The van der Waals surface area contributed by atoms with E-state index in [2.05, 4.69) is 16.0 Å². The first kappa shape index (κ1) is 16.4. The van der Waals surface area contributed by atoms with Crippen LogP contribution in [0.15, 0.2) is 0 Å². The van der Waals surface area contributed by atoms with E-state index in [4.69, 9.17) is 4.74 Å². The van der Waals surface area contributed by atoms with Crippen LogP contribution in [0, 0.1) is 5.92 Å². The Kier molecular flexibility index (Phi) is 5.30. The van der Waals surface area contributed by atoms with Gasteiger partial charge in [-0.25, -0.2) is 4.79 Å². The molecule has 1 atom stereocenters. The maximum Gasteiger partial charge on any atom is 0.341 e. The minimum absolute atomic E-state index is 0.00767. The smallest absolute Gasteiger partial charge is 0.341 e. The highest BCUT2D eigenvalue weighted by atomic mass is 32.1. The number of thiophene rings is 1. The summed E-state index contributed by atoms with van der Waals surface area (Å²) in [5.41, 5.74) is 1.58. The quantitative estimate of drug-likeness (QED) is 0.729. The molecule has 0 saturated carbocycles. The van der Waals surface area contributed by atoms with Gasteiger partial charge in [0.1, 0.15) is 5.00 Å². The van der Waals surface area contributed by atoms with Gasteiger partial charge in [0.2, 0.25) is 5.91 Å². The van der Waals surface area contributed by atoms with Gasteiger partial charge in [0.25, 0.3) is 0 Å². The van der Waals surface area contributed by atoms with E-state index in [0.717, 1.165) is 55.8 Å². The zero-order valence-electron chi connectivity index (χ0n) is 13.4. The van der Waals surface area contributed by atoms with Gasteiger partial charge in [0, 0.05) is 18.0 Å². The zero-order valence-corrected chi connectivity index (χ0v) is 14.2. The Hall–Kier alpha value is -1.44. The highest BCUT2D eigenvalue weighted by molar-refractivity contribution is 7.17. The second-order valence-electron chi connectivity index (χ2n) is 6.01. The van der Waals surface area contributed by atoms with Crippen LogP contribution in [0.1, 0.15) is 40.1 Å². The molecule has 3 rings (SSSR count). The summed E-state index contributed by atoms with van der Waals surface area (Å²) in [5, 5.41) is 10.2. The average molecular weight is 337 g/mol. The maximum atomic E-state index is 12.5. The van der Waals surface area contributed by atoms with Crippen molar-refractivity contribution in [3.63, 3.8) is 0 Å². The molecule has 1 saturated heterocycles. The van der Waals surface area contributed by atoms with Crippen LogP contribution in [0.4, 0.5) is 5.00 Å². The van der Waals surface area contributed by atoms with Gasteiger partial charge >= 0.3 is 5.97 Å². The Balaban J connectivity index is 1.85. The molecule has 126 valence electrons. The molecular weight excluding hydrogens is 314 g/mol. The summed E-state index contributed by atoms with van der Waals surface area (Å²) in [4.78, 5) is 25.9. The molecule has 2 aliphatic rings. The molecule has 1 unspecified atom stereocenters. The van der Waals surface area contributed by atoms with Gasteiger partial charge in [0.05, 0.1) is 18.6 Å². The number of piperidine rings is 1. The standard InChI is InChI=1S/C16H23N3O3S/c1-22-16(21)13-11-5-3-7-18-9-12(11)23-15(13)19-14(20)10-4-2-6-17-8-10/h10,17-18H,2-9H2,1H3,(H,19,20). The van der Waals surface area contributed by atoms with E-state index in [1.807, 2.05) is 0 Å². The highest BCUT2D eigenvalue weighted by Gasteiger charge is 2.28. The molecule has 1 aromatic rings. The van der Waals surface area contributed by atoms with Crippen LogP contribution in [-0.4, -0.2) is 38.6 Å². The van der Waals surface area contributed by atoms with E-state index < -0.39 is 0 Å². The minimum atomic E-state index is -0.360. The number of amides is 1. The van der Waals surface area contributed by atoms with Gasteiger partial charge in [-0.15, -0.1) is 11.3 Å². The van der Waals surface area contributed by atoms with Crippen LogP contribution < -0.4 is 16.0 Å². The fourth-order valence-electron chi connectivity index (χ4n) is 3.21. The maximum absolute atomic E-state index is 12.5. The Morgan fingerprint density at radius 2 is 2.09 bits per heavy atom. The summed E-state index contributed by atoms with van der Waals surface area (Å²) < 4.78 is 4.95. The van der Waals surface area contributed by atoms with Gasteiger partial charge in [-0.1, -0.05) is 0 Å². The van der Waals surface area contributed by atoms with E-state index in [0.29, 0.717) is 17.1 Å². The lowest BCUT2D eigenvalue weighted by Crippen LogP contribution is -2.37. The molecule has 6 nitrogen and oxygen atoms in total. The van der Waals surface area contributed by atoms with Crippen molar-refractivity contribution >= 4 is 28.2 Å². The Bertz CT molecular complexity index is 594. The number of esters is 1. The first-order valence-electron chi connectivity index (χ1n) is 8.16. The lowest BCUT2D eigenvalue weighted by molar-refractivity contribution is -0.120. The monoisotopic (exact) mass is 337 g/mol. The van der Waals surface area contributed by atoms with Crippen LogP contribution in [0.25, 0.3) is 0 Å². The molecule has 1 amide bonds. The topological polar surface area (TPSA) is 79.5 Å². The van der Waals surface area contributed by atoms with Crippen LogP contribution in [0.3, 0.4) is 0 Å². The van der Waals surface area contributed by atoms with Crippen molar-refractivity contribution in [2.75, 3.05) is 32.1 Å². The summed E-state index contributed by atoms with van der Waals surface area (Å²) in [6, 6.07) is 0. The third kappa shape index (κ3) is 3.57. The predicted molar refractivity (Wildman–Crippen MR) is 89.9 cm³/mol. The number of hydrogen-bond acceptors (Lipinski definition) is 6. The number of carbonyl (C=O) groups excluding carboxylic acids is 2. The van der Waals surface area contributed by atoms with Crippen LogP contribution >= 0.6 is 11.3 Å². The molecule has 0 aromatic carbocycles. The summed E-state index contributed by atoms with van der Waals surface area (Å²) in [5.74, 6) is -0.400. The Labute approximate surface area is 140 Å². The van der Waals surface area contributed by atoms with Crippen LogP contribution in [0.2, 0.25) is 0 Å². The first-order chi connectivity index (χ1) is 11.2. The van der Waals surface area contributed by atoms with Crippen molar-refractivity contribution in [2.24, 2.45) is 5.92 Å². The molecule has 3 N–H and O–H groups in total. The number of ether oxygens (including phenoxy) is 1. The van der Waals surface area contributed by atoms with Gasteiger partial charge in [0.15, 0.2) is 0 Å². The third-order valence-electron chi connectivity index (χ3n) is 4.45. The molecule has 23 heavy (non-hydrogen) atoms. The number of hydrogen-bond donors (Lipinski definition) is 3. The zero-order chi connectivity index (χ0) is 16.2. The van der Waals surface area contributed by atoms with E-state index >= 15 is 0 Å². The molecule has 0 aliphatic carbocycles. The number of anilines is 1. The number of rotatable bonds is 3. The first-order valence-corrected chi connectivity index (χ1v) is 8.97. The van der Waals surface area contributed by atoms with Crippen molar-refractivity contribution in [3.8, 4) is 0 Å². The second-order valence-corrected chi connectivity index (χ2v) is 7.12.